The molecule has 2 aromatic rings. The Labute approximate surface area is 110 Å². The number of aromatic amines is 1. The van der Waals surface area contributed by atoms with E-state index in [1.807, 2.05) is 19.9 Å². The lowest BCUT2D eigenvalue weighted by atomic mass is 10.3. The summed E-state index contributed by atoms with van der Waals surface area (Å²) in [6.07, 6.45) is 1.71. The van der Waals surface area contributed by atoms with Crippen LogP contribution in [0.5, 0.6) is 0 Å². The molecule has 0 fully saturated rings. The van der Waals surface area contributed by atoms with Crippen molar-refractivity contribution in [3.05, 3.63) is 57.4 Å². The van der Waals surface area contributed by atoms with E-state index in [0.29, 0.717) is 5.69 Å². The maximum absolute atomic E-state index is 10.5. The van der Waals surface area contributed by atoms with Gasteiger partial charge in [0.2, 0.25) is 0 Å². The number of benzene rings is 1. The minimum atomic E-state index is -0.432. The van der Waals surface area contributed by atoms with Gasteiger partial charge in [-0.2, -0.15) is 5.10 Å². The molecule has 1 aromatic carbocycles. The number of nitro benzene ring substituents is 1. The summed E-state index contributed by atoms with van der Waals surface area (Å²) in [6, 6.07) is 8.10. The SMILES string of the molecule is Cc1cc(C=NNc2ccc([N+](=O)[O-])cc2)c(C)[nH]1. The van der Waals surface area contributed by atoms with Gasteiger partial charge in [-0.1, -0.05) is 0 Å². The van der Waals surface area contributed by atoms with Crippen LogP contribution >= 0.6 is 0 Å². The van der Waals surface area contributed by atoms with Gasteiger partial charge in [-0.3, -0.25) is 15.5 Å². The molecule has 98 valence electrons. The molecule has 0 aliphatic heterocycles. The summed E-state index contributed by atoms with van der Waals surface area (Å²) in [7, 11) is 0. The fourth-order valence-corrected chi connectivity index (χ4v) is 1.71. The third-order valence-corrected chi connectivity index (χ3v) is 2.67. The molecule has 0 spiro atoms. The van der Waals surface area contributed by atoms with Crippen molar-refractivity contribution in [1.29, 1.82) is 0 Å². The molecule has 0 radical (unpaired) electrons. The zero-order valence-corrected chi connectivity index (χ0v) is 10.7. The standard InChI is InChI=1S/C13H14N4O2/c1-9-7-11(10(2)15-9)8-14-16-12-3-5-13(6-4-12)17(18)19/h3-8,15-16H,1-2H3. The van der Waals surface area contributed by atoms with Crippen molar-refractivity contribution >= 4 is 17.6 Å². The molecule has 0 bridgehead atoms. The topological polar surface area (TPSA) is 83.3 Å². The highest BCUT2D eigenvalue weighted by Gasteiger charge is 2.03. The van der Waals surface area contributed by atoms with E-state index in [2.05, 4.69) is 15.5 Å². The monoisotopic (exact) mass is 258 g/mol. The van der Waals surface area contributed by atoms with Crippen molar-refractivity contribution in [2.75, 3.05) is 5.43 Å². The molecule has 0 atom stereocenters. The highest BCUT2D eigenvalue weighted by molar-refractivity contribution is 5.82. The molecule has 19 heavy (non-hydrogen) atoms. The first-order valence-electron chi connectivity index (χ1n) is 5.76. The van der Waals surface area contributed by atoms with Gasteiger partial charge in [0, 0.05) is 29.1 Å². The van der Waals surface area contributed by atoms with Gasteiger partial charge in [0.05, 0.1) is 16.8 Å². The summed E-state index contributed by atoms with van der Waals surface area (Å²) in [6.45, 7) is 3.95. The molecule has 0 amide bonds. The first-order chi connectivity index (χ1) is 9.06. The number of non-ortho nitro benzene ring substituents is 1. The van der Waals surface area contributed by atoms with E-state index in [0.717, 1.165) is 17.0 Å². The van der Waals surface area contributed by atoms with Gasteiger partial charge in [-0.25, -0.2) is 0 Å². The van der Waals surface area contributed by atoms with Crippen LogP contribution in [0.2, 0.25) is 0 Å². The highest BCUT2D eigenvalue weighted by atomic mass is 16.6. The Morgan fingerprint density at radius 3 is 2.53 bits per heavy atom. The fraction of sp³-hybridized carbons (Fsp3) is 0.154. The maximum Gasteiger partial charge on any atom is 0.269 e. The summed E-state index contributed by atoms with van der Waals surface area (Å²) < 4.78 is 0. The van der Waals surface area contributed by atoms with E-state index in [1.54, 1.807) is 18.3 Å². The van der Waals surface area contributed by atoms with Gasteiger partial charge < -0.3 is 4.98 Å². The van der Waals surface area contributed by atoms with Gasteiger partial charge in [-0.05, 0) is 32.0 Å². The van der Waals surface area contributed by atoms with E-state index >= 15 is 0 Å². The second-order valence-corrected chi connectivity index (χ2v) is 4.21. The summed E-state index contributed by atoms with van der Waals surface area (Å²) >= 11 is 0. The van der Waals surface area contributed by atoms with Crippen molar-refractivity contribution in [3.63, 3.8) is 0 Å². The molecule has 0 saturated carbocycles. The van der Waals surface area contributed by atoms with E-state index < -0.39 is 4.92 Å². The van der Waals surface area contributed by atoms with Gasteiger partial charge >= 0.3 is 0 Å². The fourth-order valence-electron chi connectivity index (χ4n) is 1.71. The predicted octanol–water partition coefficient (Wildman–Crippen LogP) is 2.99. The van der Waals surface area contributed by atoms with Gasteiger partial charge in [-0.15, -0.1) is 0 Å². The molecule has 0 aliphatic carbocycles. The molecular weight excluding hydrogens is 244 g/mol. The van der Waals surface area contributed by atoms with E-state index in [9.17, 15) is 10.1 Å². The molecule has 6 nitrogen and oxygen atoms in total. The molecule has 0 aliphatic rings. The van der Waals surface area contributed by atoms with Crippen LogP contribution in [0.15, 0.2) is 35.4 Å². The molecule has 1 aromatic heterocycles. The first kappa shape index (κ1) is 12.8. The summed E-state index contributed by atoms with van der Waals surface area (Å²) in [5.41, 5.74) is 6.72. The van der Waals surface area contributed by atoms with Crippen LogP contribution in [-0.4, -0.2) is 16.1 Å². The largest absolute Gasteiger partial charge is 0.362 e. The van der Waals surface area contributed by atoms with Crippen molar-refractivity contribution < 1.29 is 4.92 Å². The Balaban J connectivity index is 2.02. The third kappa shape index (κ3) is 3.19. The zero-order valence-electron chi connectivity index (χ0n) is 10.7. The number of aromatic nitrogens is 1. The molecule has 0 saturated heterocycles. The number of aryl methyl sites for hydroxylation is 2. The lowest BCUT2D eigenvalue weighted by Crippen LogP contribution is -1.92. The summed E-state index contributed by atoms with van der Waals surface area (Å²) in [5, 5.41) is 14.6. The molecule has 0 unspecified atom stereocenters. The highest BCUT2D eigenvalue weighted by Crippen LogP contribution is 2.15. The van der Waals surface area contributed by atoms with Crippen LogP contribution in [0, 0.1) is 24.0 Å². The lowest BCUT2D eigenvalue weighted by molar-refractivity contribution is -0.384. The molecule has 2 rings (SSSR count). The lowest BCUT2D eigenvalue weighted by Gasteiger charge is -1.99. The molecule has 2 N–H and O–H groups in total. The average molecular weight is 258 g/mol. The van der Waals surface area contributed by atoms with Crippen LogP contribution in [0.3, 0.4) is 0 Å². The van der Waals surface area contributed by atoms with Crippen LogP contribution in [0.1, 0.15) is 17.0 Å². The Bertz CT molecular complexity index is 614. The maximum atomic E-state index is 10.5. The molecule has 6 heteroatoms. The zero-order chi connectivity index (χ0) is 13.8. The third-order valence-electron chi connectivity index (χ3n) is 2.67. The van der Waals surface area contributed by atoms with Crippen molar-refractivity contribution in [2.24, 2.45) is 5.10 Å². The minimum Gasteiger partial charge on any atom is -0.362 e. The molecular formula is C13H14N4O2. The molecule has 1 heterocycles. The number of nitrogens with zero attached hydrogens (tertiary/aromatic N) is 2. The predicted molar refractivity (Wildman–Crippen MR) is 74.6 cm³/mol. The Morgan fingerprint density at radius 1 is 1.32 bits per heavy atom. The Morgan fingerprint density at radius 2 is 2.00 bits per heavy atom. The summed E-state index contributed by atoms with van der Waals surface area (Å²) in [4.78, 5) is 13.3. The number of hydrazone groups is 1. The summed E-state index contributed by atoms with van der Waals surface area (Å²) in [5.74, 6) is 0. The number of rotatable bonds is 4. The number of nitro groups is 1. The van der Waals surface area contributed by atoms with Gasteiger partial charge in [0.25, 0.3) is 5.69 Å². The van der Waals surface area contributed by atoms with E-state index in [-0.39, 0.29) is 5.69 Å². The van der Waals surface area contributed by atoms with E-state index in [1.165, 1.54) is 12.1 Å². The second kappa shape index (κ2) is 5.34. The van der Waals surface area contributed by atoms with Crippen molar-refractivity contribution in [3.8, 4) is 0 Å². The first-order valence-corrected chi connectivity index (χ1v) is 5.76. The van der Waals surface area contributed by atoms with Crippen LogP contribution in [-0.2, 0) is 0 Å². The number of hydrogen-bond acceptors (Lipinski definition) is 4. The Hall–Kier alpha value is -2.63. The quantitative estimate of drug-likeness (QED) is 0.502. The number of H-pyrrole nitrogens is 1. The van der Waals surface area contributed by atoms with E-state index in [4.69, 9.17) is 0 Å². The smallest absolute Gasteiger partial charge is 0.269 e. The second-order valence-electron chi connectivity index (χ2n) is 4.21. The van der Waals surface area contributed by atoms with Crippen molar-refractivity contribution in [1.82, 2.24) is 4.98 Å². The van der Waals surface area contributed by atoms with Gasteiger partial charge in [0.1, 0.15) is 0 Å². The minimum absolute atomic E-state index is 0.0617. The van der Waals surface area contributed by atoms with Crippen molar-refractivity contribution in [2.45, 2.75) is 13.8 Å². The average Bonchev–Trinajstić information content (AvgIpc) is 2.68. The van der Waals surface area contributed by atoms with Crippen LogP contribution < -0.4 is 5.43 Å². The van der Waals surface area contributed by atoms with Gasteiger partial charge in [0.15, 0.2) is 0 Å². The Kier molecular flexibility index (Phi) is 3.61. The number of hydrogen-bond donors (Lipinski definition) is 2. The van der Waals surface area contributed by atoms with Crippen LogP contribution in [0.4, 0.5) is 11.4 Å². The normalized spacial score (nSPS) is 10.8. The van der Waals surface area contributed by atoms with Crippen LogP contribution in [0.25, 0.3) is 0 Å². The number of nitrogens with one attached hydrogen (secondary N) is 2. The number of anilines is 1.